The second-order valence-electron chi connectivity index (χ2n) is 5.11. The van der Waals surface area contributed by atoms with Crippen LogP contribution in [-0.4, -0.2) is 52.0 Å². The van der Waals surface area contributed by atoms with Gasteiger partial charge in [0.05, 0.1) is 6.20 Å². The lowest BCUT2D eigenvalue weighted by Gasteiger charge is -2.24. The van der Waals surface area contributed by atoms with Crippen molar-refractivity contribution >= 4 is 17.3 Å². The molecule has 2 rings (SSSR count). The molecule has 0 aliphatic rings. The van der Waals surface area contributed by atoms with Crippen LogP contribution in [0.1, 0.15) is 27.2 Å². The van der Waals surface area contributed by atoms with E-state index in [0.29, 0.717) is 5.82 Å². The summed E-state index contributed by atoms with van der Waals surface area (Å²) in [6.07, 6.45) is 6.60. The maximum Gasteiger partial charge on any atom is 0.180 e. The predicted molar refractivity (Wildman–Crippen MR) is 87.7 cm³/mol. The van der Waals surface area contributed by atoms with Crippen molar-refractivity contribution in [2.45, 2.75) is 27.2 Å². The maximum atomic E-state index is 5.90. The molecular weight excluding hydrogens is 264 g/mol. The topological polar surface area (TPSA) is 62.7 Å². The molecule has 0 fully saturated rings. The van der Waals surface area contributed by atoms with Gasteiger partial charge in [-0.25, -0.2) is 9.97 Å². The minimum atomic E-state index is 0.526. The number of imidazole rings is 1. The van der Waals surface area contributed by atoms with Gasteiger partial charge < -0.3 is 19.9 Å². The molecule has 0 aromatic carbocycles. The Hall–Kier alpha value is -1.82. The minimum absolute atomic E-state index is 0.526. The Morgan fingerprint density at radius 2 is 1.90 bits per heavy atom. The Balaban J connectivity index is 2.10. The summed E-state index contributed by atoms with van der Waals surface area (Å²) in [7, 11) is 0. The molecule has 0 saturated heterocycles. The van der Waals surface area contributed by atoms with Gasteiger partial charge in [0.1, 0.15) is 5.82 Å². The molecule has 2 aromatic rings. The summed E-state index contributed by atoms with van der Waals surface area (Å²) >= 11 is 0. The van der Waals surface area contributed by atoms with E-state index in [1.807, 2.05) is 10.6 Å². The van der Waals surface area contributed by atoms with Crippen molar-refractivity contribution < 1.29 is 0 Å². The molecule has 0 saturated carbocycles. The van der Waals surface area contributed by atoms with Gasteiger partial charge in [0.15, 0.2) is 11.5 Å². The van der Waals surface area contributed by atoms with E-state index < -0.39 is 0 Å². The van der Waals surface area contributed by atoms with Crippen LogP contribution in [0.4, 0.5) is 11.6 Å². The summed E-state index contributed by atoms with van der Waals surface area (Å²) in [5.41, 5.74) is 6.77. The molecule has 0 atom stereocenters. The van der Waals surface area contributed by atoms with Gasteiger partial charge in [-0.3, -0.25) is 0 Å². The summed E-state index contributed by atoms with van der Waals surface area (Å²) in [5.74, 6) is 1.40. The van der Waals surface area contributed by atoms with E-state index in [0.717, 1.165) is 50.6 Å². The van der Waals surface area contributed by atoms with Gasteiger partial charge in [-0.2, -0.15) is 0 Å². The number of fused-ring (bicyclic) bond motifs is 1. The average molecular weight is 290 g/mol. The van der Waals surface area contributed by atoms with Crippen LogP contribution in [0.15, 0.2) is 18.6 Å². The van der Waals surface area contributed by atoms with Crippen LogP contribution in [-0.2, 0) is 0 Å². The fourth-order valence-electron chi connectivity index (χ4n) is 2.58. The van der Waals surface area contributed by atoms with Crippen LogP contribution in [0.25, 0.3) is 5.65 Å². The van der Waals surface area contributed by atoms with Crippen molar-refractivity contribution in [1.29, 1.82) is 0 Å². The lowest BCUT2D eigenvalue weighted by molar-refractivity contribution is 0.300. The molecule has 2 N–H and O–H groups in total. The van der Waals surface area contributed by atoms with Crippen molar-refractivity contribution in [1.82, 2.24) is 19.3 Å². The SMILES string of the molecule is CCN(CC)CCCN(CC)c1nc(N)cn2ccnc12. The summed E-state index contributed by atoms with van der Waals surface area (Å²) in [6.45, 7) is 11.7. The van der Waals surface area contributed by atoms with Crippen LogP contribution in [0, 0.1) is 0 Å². The molecule has 0 aliphatic carbocycles. The first kappa shape index (κ1) is 15.6. The normalized spacial score (nSPS) is 11.4. The maximum absolute atomic E-state index is 5.90. The zero-order chi connectivity index (χ0) is 15.2. The van der Waals surface area contributed by atoms with E-state index in [1.54, 1.807) is 12.4 Å². The highest BCUT2D eigenvalue weighted by molar-refractivity contribution is 5.66. The molecule has 21 heavy (non-hydrogen) atoms. The third-order valence-corrected chi connectivity index (χ3v) is 3.85. The highest BCUT2D eigenvalue weighted by Gasteiger charge is 2.13. The van der Waals surface area contributed by atoms with Crippen molar-refractivity contribution in [3.63, 3.8) is 0 Å². The number of nitrogens with zero attached hydrogens (tertiary/aromatic N) is 5. The van der Waals surface area contributed by atoms with Gasteiger partial charge in [0.2, 0.25) is 0 Å². The Morgan fingerprint density at radius 3 is 2.57 bits per heavy atom. The smallest absolute Gasteiger partial charge is 0.180 e. The Kier molecular flexibility index (Phi) is 5.38. The van der Waals surface area contributed by atoms with E-state index in [9.17, 15) is 0 Å². The van der Waals surface area contributed by atoms with Gasteiger partial charge in [-0.15, -0.1) is 0 Å². The van der Waals surface area contributed by atoms with Gasteiger partial charge >= 0.3 is 0 Å². The number of aromatic nitrogens is 3. The second-order valence-corrected chi connectivity index (χ2v) is 5.11. The van der Waals surface area contributed by atoms with Crippen LogP contribution >= 0.6 is 0 Å². The van der Waals surface area contributed by atoms with Crippen molar-refractivity contribution in [2.24, 2.45) is 0 Å². The molecular formula is C15H26N6. The van der Waals surface area contributed by atoms with Crippen molar-refractivity contribution in [3.05, 3.63) is 18.6 Å². The second kappa shape index (κ2) is 7.26. The fraction of sp³-hybridized carbons (Fsp3) is 0.600. The lowest BCUT2D eigenvalue weighted by Crippen LogP contribution is -2.30. The molecule has 0 spiro atoms. The summed E-state index contributed by atoms with van der Waals surface area (Å²) in [5, 5.41) is 0. The quantitative estimate of drug-likeness (QED) is 0.804. The molecule has 6 heteroatoms. The van der Waals surface area contributed by atoms with E-state index in [-0.39, 0.29) is 0 Å². The molecule has 0 aliphatic heterocycles. The standard InChI is InChI=1S/C15H26N6/c1-4-19(5-2)9-7-10-20(6-3)15-14-17-8-11-21(14)12-13(16)18-15/h8,11-12H,4-7,9-10,16H2,1-3H3. The molecule has 116 valence electrons. The first-order valence-electron chi connectivity index (χ1n) is 7.76. The zero-order valence-corrected chi connectivity index (χ0v) is 13.3. The summed E-state index contributed by atoms with van der Waals surface area (Å²) in [4.78, 5) is 13.6. The Labute approximate surface area is 126 Å². The highest BCUT2D eigenvalue weighted by atomic mass is 15.2. The summed E-state index contributed by atoms with van der Waals surface area (Å²) in [6, 6.07) is 0. The first-order chi connectivity index (χ1) is 10.2. The third-order valence-electron chi connectivity index (χ3n) is 3.85. The number of hydrogen-bond donors (Lipinski definition) is 1. The van der Waals surface area contributed by atoms with Gasteiger partial charge in [-0.1, -0.05) is 13.8 Å². The molecule has 2 aromatic heterocycles. The number of nitrogen functional groups attached to an aromatic ring is 1. The largest absolute Gasteiger partial charge is 0.382 e. The number of anilines is 2. The van der Waals surface area contributed by atoms with Crippen molar-refractivity contribution in [3.8, 4) is 0 Å². The van der Waals surface area contributed by atoms with Crippen LogP contribution in [0.3, 0.4) is 0 Å². The van der Waals surface area contributed by atoms with E-state index in [1.165, 1.54) is 0 Å². The first-order valence-corrected chi connectivity index (χ1v) is 7.76. The molecule has 2 heterocycles. The average Bonchev–Trinajstić information content (AvgIpc) is 2.95. The van der Waals surface area contributed by atoms with Crippen LogP contribution in [0.2, 0.25) is 0 Å². The molecule has 0 amide bonds. The van der Waals surface area contributed by atoms with E-state index >= 15 is 0 Å². The molecule has 6 nitrogen and oxygen atoms in total. The van der Waals surface area contributed by atoms with Gasteiger partial charge in [-0.05, 0) is 33.0 Å². The Morgan fingerprint density at radius 1 is 1.14 bits per heavy atom. The number of hydrogen-bond acceptors (Lipinski definition) is 5. The van der Waals surface area contributed by atoms with Crippen molar-refractivity contribution in [2.75, 3.05) is 43.4 Å². The number of rotatable bonds is 8. The molecule has 0 bridgehead atoms. The molecule has 0 radical (unpaired) electrons. The number of nitrogens with two attached hydrogens (primary N) is 1. The predicted octanol–water partition coefficient (Wildman–Crippen LogP) is 1.87. The Bertz CT molecular complexity index is 560. The third kappa shape index (κ3) is 3.64. The van der Waals surface area contributed by atoms with Gasteiger partial charge in [0, 0.05) is 25.5 Å². The highest BCUT2D eigenvalue weighted by Crippen LogP contribution is 2.19. The lowest BCUT2D eigenvalue weighted by atomic mass is 10.3. The molecule has 0 unspecified atom stereocenters. The summed E-state index contributed by atoms with van der Waals surface area (Å²) < 4.78 is 1.94. The minimum Gasteiger partial charge on any atom is -0.382 e. The van der Waals surface area contributed by atoms with Crippen LogP contribution < -0.4 is 10.6 Å². The zero-order valence-electron chi connectivity index (χ0n) is 13.3. The fourth-order valence-corrected chi connectivity index (χ4v) is 2.58. The van der Waals surface area contributed by atoms with Crippen LogP contribution in [0.5, 0.6) is 0 Å². The monoisotopic (exact) mass is 290 g/mol. The van der Waals surface area contributed by atoms with E-state index in [2.05, 4.69) is 40.5 Å². The van der Waals surface area contributed by atoms with E-state index in [4.69, 9.17) is 5.73 Å². The van der Waals surface area contributed by atoms with Gasteiger partial charge in [0.25, 0.3) is 0 Å².